The molecule has 0 saturated heterocycles. The van der Waals surface area contributed by atoms with Crippen LogP contribution in [0.3, 0.4) is 0 Å². The van der Waals surface area contributed by atoms with Gasteiger partial charge in [-0.1, -0.05) is 27.7 Å². The van der Waals surface area contributed by atoms with Crippen LogP contribution in [0.2, 0.25) is 0 Å². The quantitative estimate of drug-likeness (QED) is 0.736. The second kappa shape index (κ2) is 5.67. The van der Waals surface area contributed by atoms with Crippen LogP contribution in [0.25, 0.3) is 0 Å². The van der Waals surface area contributed by atoms with Crippen molar-refractivity contribution < 1.29 is 9.90 Å². The summed E-state index contributed by atoms with van der Waals surface area (Å²) in [6.07, 6.45) is 2.25. The average Bonchev–Trinajstić information content (AvgIpc) is 1.96. The standard InChI is InChI=1S/C13H27NO2/c1-7-10(8-12(2,3)4)14-13(5,6)9-11(15)16/h10,14H,7-9H2,1-6H3,(H,15,16). The SMILES string of the molecule is CCC(CC(C)(C)C)NC(C)(C)CC(=O)O. The van der Waals surface area contributed by atoms with Crippen molar-refractivity contribution >= 4 is 5.97 Å². The molecule has 16 heavy (non-hydrogen) atoms. The summed E-state index contributed by atoms with van der Waals surface area (Å²) in [4.78, 5) is 10.7. The number of carbonyl (C=O) groups is 1. The zero-order valence-electron chi connectivity index (χ0n) is 11.6. The number of aliphatic carboxylic acids is 1. The highest BCUT2D eigenvalue weighted by Crippen LogP contribution is 2.24. The number of hydrogen-bond donors (Lipinski definition) is 2. The minimum Gasteiger partial charge on any atom is -0.481 e. The van der Waals surface area contributed by atoms with E-state index in [-0.39, 0.29) is 17.4 Å². The number of rotatable bonds is 6. The zero-order valence-corrected chi connectivity index (χ0v) is 11.6. The Morgan fingerprint density at radius 3 is 2.06 bits per heavy atom. The third-order valence-electron chi connectivity index (χ3n) is 2.54. The Balaban J connectivity index is 4.36. The smallest absolute Gasteiger partial charge is 0.305 e. The molecule has 0 rings (SSSR count). The maximum absolute atomic E-state index is 10.7. The van der Waals surface area contributed by atoms with Gasteiger partial charge in [0.05, 0.1) is 6.42 Å². The Hall–Kier alpha value is -0.570. The first kappa shape index (κ1) is 15.4. The van der Waals surface area contributed by atoms with Crippen LogP contribution >= 0.6 is 0 Å². The lowest BCUT2D eigenvalue weighted by atomic mass is 9.86. The highest BCUT2D eigenvalue weighted by molar-refractivity contribution is 5.68. The van der Waals surface area contributed by atoms with Gasteiger partial charge in [0, 0.05) is 11.6 Å². The van der Waals surface area contributed by atoms with Crippen LogP contribution < -0.4 is 5.32 Å². The molecule has 0 aromatic rings. The van der Waals surface area contributed by atoms with E-state index in [1.807, 2.05) is 13.8 Å². The molecule has 2 N–H and O–H groups in total. The number of hydrogen-bond acceptors (Lipinski definition) is 2. The highest BCUT2D eigenvalue weighted by Gasteiger charge is 2.26. The second-order valence-corrected chi connectivity index (χ2v) is 6.47. The molecule has 1 unspecified atom stereocenters. The largest absolute Gasteiger partial charge is 0.481 e. The van der Waals surface area contributed by atoms with Crippen LogP contribution in [0, 0.1) is 5.41 Å². The number of carboxylic acid groups (broad SMARTS) is 1. The Kier molecular flexibility index (Phi) is 5.47. The van der Waals surface area contributed by atoms with Crippen molar-refractivity contribution in [2.45, 2.75) is 72.4 Å². The second-order valence-electron chi connectivity index (χ2n) is 6.47. The molecule has 3 nitrogen and oxygen atoms in total. The summed E-state index contributed by atoms with van der Waals surface area (Å²) in [7, 11) is 0. The minimum absolute atomic E-state index is 0.160. The zero-order chi connectivity index (χ0) is 13.0. The third kappa shape index (κ3) is 7.69. The molecule has 3 heteroatoms. The fourth-order valence-electron chi connectivity index (χ4n) is 2.02. The Morgan fingerprint density at radius 1 is 1.25 bits per heavy atom. The van der Waals surface area contributed by atoms with Gasteiger partial charge in [-0.05, 0) is 32.1 Å². The molecule has 0 saturated carbocycles. The van der Waals surface area contributed by atoms with Crippen molar-refractivity contribution in [3.63, 3.8) is 0 Å². The fourth-order valence-corrected chi connectivity index (χ4v) is 2.02. The van der Waals surface area contributed by atoms with E-state index in [0.717, 1.165) is 12.8 Å². The van der Waals surface area contributed by atoms with Crippen LogP contribution in [0.4, 0.5) is 0 Å². The molecule has 0 aliphatic rings. The number of carboxylic acids is 1. The summed E-state index contributed by atoms with van der Waals surface area (Å²) in [5, 5.41) is 12.3. The van der Waals surface area contributed by atoms with Crippen LogP contribution in [0.5, 0.6) is 0 Å². The lowest BCUT2D eigenvalue weighted by molar-refractivity contribution is -0.138. The van der Waals surface area contributed by atoms with Crippen molar-refractivity contribution in [2.24, 2.45) is 5.41 Å². The molecule has 1 atom stereocenters. The van der Waals surface area contributed by atoms with Gasteiger partial charge < -0.3 is 10.4 Å². The average molecular weight is 229 g/mol. The molecule has 0 aromatic heterocycles. The predicted octanol–water partition coefficient (Wildman–Crippen LogP) is 3.04. The van der Waals surface area contributed by atoms with Gasteiger partial charge in [0.1, 0.15) is 0 Å². The molecule has 0 radical (unpaired) electrons. The summed E-state index contributed by atoms with van der Waals surface area (Å²) in [5.41, 5.74) is -0.0647. The first-order chi connectivity index (χ1) is 7.06. The van der Waals surface area contributed by atoms with Crippen molar-refractivity contribution in [1.82, 2.24) is 5.32 Å². The first-order valence-corrected chi connectivity index (χ1v) is 6.05. The molecule has 0 amide bonds. The van der Waals surface area contributed by atoms with Crippen LogP contribution in [0.1, 0.15) is 60.8 Å². The topological polar surface area (TPSA) is 49.3 Å². The molecule has 0 bridgehead atoms. The lowest BCUT2D eigenvalue weighted by Gasteiger charge is -2.33. The first-order valence-electron chi connectivity index (χ1n) is 6.05. The maximum atomic E-state index is 10.7. The van der Waals surface area contributed by atoms with Gasteiger partial charge in [-0.2, -0.15) is 0 Å². The maximum Gasteiger partial charge on any atom is 0.305 e. The summed E-state index contributed by atoms with van der Waals surface area (Å²) >= 11 is 0. The van der Waals surface area contributed by atoms with Crippen LogP contribution in [-0.2, 0) is 4.79 Å². The molecule has 0 aromatic carbocycles. The van der Waals surface area contributed by atoms with Gasteiger partial charge in [-0.3, -0.25) is 4.79 Å². The minimum atomic E-state index is -0.747. The van der Waals surface area contributed by atoms with E-state index in [1.54, 1.807) is 0 Å². The van der Waals surface area contributed by atoms with E-state index < -0.39 is 5.97 Å². The van der Waals surface area contributed by atoms with Gasteiger partial charge in [0.25, 0.3) is 0 Å². The van der Waals surface area contributed by atoms with Crippen molar-refractivity contribution in [1.29, 1.82) is 0 Å². The fraction of sp³-hybridized carbons (Fsp3) is 0.923. The third-order valence-corrected chi connectivity index (χ3v) is 2.54. The summed E-state index contributed by atoms with van der Waals surface area (Å²) in [5.74, 6) is -0.747. The highest BCUT2D eigenvalue weighted by atomic mass is 16.4. The molecule has 0 aliphatic heterocycles. The Labute approximate surface area is 99.6 Å². The molecule has 0 fully saturated rings. The Morgan fingerprint density at radius 2 is 1.75 bits per heavy atom. The normalized spacial score (nSPS) is 14.9. The summed E-state index contributed by atoms with van der Waals surface area (Å²) in [6.45, 7) is 12.7. The van der Waals surface area contributed by atoms with Gasteiger partial charge in [0.2, 0.25) is 0 Å². The van der Waals surface area contributed by atoms with Crippen LogP contribution in [0.15, 0.2) is 0 Å². The summed E-state index contributed by atoms with van der Waals surface area (Å²) < 4.78 is 0. The predicted molar refractivity (Wildman–Crippen MR) is 67.6 cm³/mol. The molecule has 96 valence electrons. The van der Waals surface area contributed by atoms with Gasteiger partial charge in [-0.25, -0.2) is 0 Å². The van der Waals surface area contributed by atoms with Crippen LogP contribution in [-0.4, -0.2) is 22.7 Å². The monoisotopic (exact) mass is 229 g/mol. The van der Waals surface area contributed by atoms with Gasteiger partial charge in [-0.15, -0.1) is 0 Å². The summed E-state index contributed by atoms with van der Waals surface area (Å²) in [6, 6.07) is 0.384. The van der Waals surface area contributed by atoms with E-state index in [9.17, 15) is 4.79 Å². The van der Waals surface area contributed by atoms with E-state index in [1.165, 1.54) is 0 Å². The molecule has 0 heterocycles. The van der Waals surface area contributed by atoms with Crippen molar-refractivity contribution in [2.75, 3.05) is 0 Å². The number of nitrogens with one attached hydrogen (secondary N) is 1. The van der Waals surface area contributed by atoms with Crippen molar-refractivity contribution in [3.8, 4) is 0 Å². The van der Waals surface area contributed by atoms with Crippen molar-refractivity contribution in [3.05, 3.63) is 0 Å². The molecular formula is C13H27NO2. The van der Waals surface area contributed by atoms with Gasteiger partial charge in [0.15, 0.2) is 0 Å². The lowest BCUT2D eigenvalue weighted by Crippen LogP contribution is -2.48. The van der Waals surface area contributed by atoms with E-state index >= 15 is 0 Å². The van der Waals surface area contributed by atoms with E-state index in [2.05, 4.69) is 33.0 Å². The molecule has 0 aliphatic carbocycles. The van der Waals surface area contributed by atoms with Gasteiger partial charge >= 0.3 is 5.97 Å². The molecular weight excluding hydrogens is 202 g/mol. The molecule has 0 spiro atoms. The Bertz CT molecular complexity index is 229. The van der Waals surface area contributed by atoms with E-state index in [4.69, 9.17) is 5.11 Å². The van der Waals surface area contributed by atoms with E-state index in [0.29, 0.717) is 6.04 Å².